The van der Waals surface area contributed by atoms with Gasteiger partial charge in [0, 0.05) is 0 Å². The highest BCUT2D eigenvalue weighted by Crippen LogP contribution is 2.25. The van der Waals surface area contributed by atoms with Crippen molar-refractivity contribution in [2.75, 3.05) is 7.11 Å². The van der Waals surface area contributed by atoms with Crippen molar-refractivity contribution < 1.29 is 9.84 Å². The summed E-state index contributed by atoms with van der Waals surface area (Å²) in [4.78, 5) is 0. The molecule has 0 radical (unpaired) electrons. The average Bonchev–Trinajstić information content (AvgIpc) is 2.20. The monoisotopic (exact) mass is 208 g/mol. The van der Waals surface area contributed by atoms with Crippen LogP contribution in [0.5, 0.6) is 11.5 Å². The summed E-state index contributed by atoms with van der Waals surface area (Å²) in [5, 5.41) is 19.9. The number of rotatable bonds is 3. The summed E-state index contributed by atoms with van der Waals surface area (Å²) >= 11 is 0. The molecule has 0 aliphatic rings. The van der Waals surface area contributed by atoms with Gasteiger partial charge in [0.1, 0.15) is 0 Å². The molecule has 6 nitrogen and oxygen atoms in total. The number of nitrogens with zero attached hydrogens (tertiary/aromatic N) is 1. The Morgan fingerprint density at radius 1 is 1.67 bits per heavy atom. The number of guanidine groups is 1. The zero-order chi connectivity index (χ0) is 11.3. The molecule has 0 fully saturated rings. The van der Waals surface area contributed by atoms with Crippen LogP contribution in [0.2, 0.25) is 0 Å². The molecule has 1 aromatic rings. The first-order chi connectivity index (χ1) is 7.13. The Kier molecular flexibility index (Phi) is 3.50. The number of hydrogen-bond acceptors (Lipinski definition) is 4. The predicted octanol–water partition coefficient (Wildman–Crippen LogP) is 0.218. The number of methoxy groups -OCH3 is 1. The van der Waals surface area contributed by atoms with Gasteiger partial charge in [0.2, 0.25) is 5.96 Å². The van der Waals surface area contributed by atoms with E-state index in [1.54, 1.807) is 12.1 Å². The SMILES string of the molecule is COc1cc(/C=N/NC(=N)N)ccc1O. The van der Waals surface area contributed by atoms with Crippen LogP contribution in [0.1, 0.15) is 5.56 Å². The summed E-state index contributed by atoms with van der Waals surface area (Å²) < 4.78 is 4.91. The van der Waals surface area contributed by atoms with Crippen LogP contribution in [0.25, 0.3) is 0 Å². The molecule has 0 saturated carbocycles. The molecule has 0 atom stereocenters. The predicted molar refractivity (Wildman–Crippen MR) is 57.3 cm³/mol. The molecule has 0 unspecified atom stereocenters. The molecule has 1 rings (SSSR count). The zero-order valence-corrected chi connectivity index (χ0v) is 8.19. The van der Waals surface area contributed by atoms with Crippen molar-refractivity contribution in [3.63, 3.8) is 0 Å². The maximum absolute atomic E-state index is 9.31. The van der Waals surface area contributed by atoms with E-state index >= 15 is 0 Å². The third-order valence-corrected chi connectivity index (χ3v) is 1.60. The van der Waals surface area contributed by atoms with Crippen molar-refractivity contribution in [1.29, 1.82) is 5.41 Å². The van der Waals surface area contributed by atoms with Crippen LogP contribution in [0.3, 0.4) is 0 Å². The maximum atomic E-state index is 9.31. The molecule has 80 valence electrons. The Hall–Kier alpha value is -2.24. The lowest BCUT2D eigenvalue weighted by molar-refractivity contribution is 0.373. The van der Waals surface area contributed by atoms with E-state index in [1.165, 1.54) is 19.4 Å². The van der Waals surface area contributed by atoms with Crippen molar-refractivity contribution in [3.05, 3.63) is 23.8 Å². The van der Waals surface area contributed by atoms with Crippen LogP contribution in [0, 0.1) is 5.41 Å². The summed E-state index contributed by atoms with van der Waals surface area (Å²) in [5.74, 6) is 0.188. The van der Waals surface area contributed by atoms with E-state index in [1.807, 2.05) is 0 Å². The lowest BCUT2D eigenvalue weighted by atomic mass is 10.2. The molecule has 0 saturated heterocycles. The summed E-state index contributed by atoms with van der Waals surface area (Å²) in [6.45, 7) is 0. The van der Waals surface area contributed by atoms with Crippen LogP contribution in [0.4, 0.5) is 0 Å². The van der Waals surface area contributed by atoms with E-state index in [2.05, 4.69) is 10.5 Å². The third-order valence-electron chi connectivity index (χ3n) is 1.60. The van der Waals surface area contributed by atoms with E-state index in [0.717, 1.165) is 5.56 Å². The average molecular weight is 208 g/mol. The van der Waals surface area contributed by atoms with Crippen molar-refractivity contribution in [2.45, 2.75) is 0 Å². The summed E-state index contributed by atoms with van der Waals surface area (Å²) in [7, 11) is 1.46. The molecule has 0 amide bonds. The fourth-order valence-corrected chi connectivity index (χ4v) is 0.951. The Bertz CT molecular complexity index is 390. The molecule has 5 N–H and O–H groups in total. The smallest absolute Gasteiger partial charge is 0.206 e. The second kappa shape index (κ2) is 4.85. The van der Waals surface area contributed by atoms with Gasteiger partial charge in [-0.2, -0.15) is 5.10 Å². The zero-order valence-electron chi connectivity index (χ0n) is 8.19. The second-order valence-corrected chi connectivity index (χ2v) is 2.71. The van der Waals surface area contributed by atoms with Gasteiger partial charge in [-0.25, -0.2) is 5.43 Å². The molecule has 0 aliphatic heterocycles. The minimum absolute atomic E-state index is 0.0641. The standard InChI is InChI=1S/C9H12N4O2/c1-15-8-4-6(2-3-7(8)14)5-12-13-9(10)11/h2-5,14H,1H3,(H4,10,11,13)/b12-5+. The van der Waals surface area contributed by atoms with Crippen molar-refractivity contribution in [2.24, 2.45) is 10.8 Å². The lowest BCUT2D eigenvalue weighted by Crippen LogP contribution is -2.25. The van der Waals surface area contributed by atoms with Gasteiger partial charge in [-0.3, -0.25) is 5.41 Å². The second-order valence-electron chi connectivity index (χ2n) is 2.71. The molecule has 0 heterocycles. The normalized spacial score (nSPS) is 10.2. The summed E-state index contributed by atoms with van der Waals surface area (Å²) in [6.07, 6.45) is 1.46. The van der Waals surface area contributed by atoms with E-state index in [0.29, 0.717) is 5.75 Å². The van der Waals surface area contributed by atoms with Crippen molar-refractivity contribution >= 4 is 12.2 Å². The molecule has 1 aromatic carbocycles. The molecule has 0 aliphatic carbocycles. The van der Waals surface area contributed by atoms with Crippen molar-refractivity contribution in [1.82, 2.24) is 5.43 Å². The minimum Gasteiger partial charge on any atom is -0.504 e. The number of benzene rings is 1. The van der Waals surface area contributed by atoms with E-state index < -0.39 is 0 Å². The van der Waals surface area contributed by atoms with Crippen LogP contribution in [-0.2, 0) is 0 Å². The first kappa shape index (κ1) is 10.8. The fraction of sp³-hybridized carbons (Fsp3) is 0.111. The number of phenols is 1. The number of hydrogen-bond donors (Lipinski definition) is 4. The van der Waals surface area contributed by atoms with Crippen LogP contribution >= 0.6 is 0 Å². The Morgan fingerprint density at radius 3 is 3.00 bits per heavy atom. The Balaban J connectivity index is 2.78. The number of ether oxygens (including phenoxy) is 1. The van der Waals surface area contributed by atoms with Gasteiger partial charge in [-0.15, -0.1) is 0 Å². The van der Waals surface area contributed by atoms with Gasteiger partial charge in [0.05, 0.1) is 13.3 Å². The topological polar surface area (TPSA) is 104 Å². The van der Waals surface area contributed by atoms with Gasteiger partial charge in [0.25, 0.3) is 0 Å². The number of phenolic OH excluding ortho intramolecular Hbond substituents is 1. The van der Waals surface area contributed by atoms with E-state index in [4.69, 9.17) is 15.9 Å². The highest BCUT2D eigenvalue weighted by Gasteiger charge is 2.00. The third kappa shape index (κ3) is 3.18. The largest absolute Gasteiger partial charge is 0.504 e. The highest BCUT2D eigenvalue weighted by atomic mass is 16.5. The summed E-state index contributed by atoms with van der Waals surface area (Å²) in [5.41, 5.74) is 8.02. The Morgan fingerprint density at radius 2 is 2.40 bits per heavy atom. The molecular weight excluding hydrogens is 196 g/mol. The number of aromatic hydroxyl groups is 1. The van der Waals surface area contributed by atoms with Crippen molar-refractivity contribution in [3.8, 4) is 11.5 Å². The van der Waals surface area contributed by atoms with Gasteiger partial charge in [-0.1, -0.05) is 0 Å². The number of hydrazone groups is 1. The van der Waals surface area contributed by atoms with Gasteiger partial charge in [0.15, 0.2) is 11.5 Å². The molecule has 0 bridgehead atoms. The molecular formula is C9H12N4O2. The molecule has 15 heavy (non-hydrogen) atoms. The summed E-state index contributed by atoms with van der Waals surface area (Å²) in [6, 6.07) is 4.76. The number of nitrogens with two attached hydrogens (primary N) is 1. The molecule has 6 heteroatoms. The van der Waals surface area contributed by atoms with Crippen LogP contribution in [0.15, 0.2) is 23.3 Å². The Labute approximate surface area is 86.9 Å². The van der Waals surface area contributed by atoms with Crippen LogP contribution < -0.4 is 15.9 Å². The maximum Gasteiger partial charge on any atom is 0.206 e. The highest BCUT2D eigenvalue weighted by molar-refractivity contribution is 5.82. The molecule has 0 spiro atoms. The van der Waals surface area contributed by atoms with E-state index in [9.17, 15) is 5.11 Å². The quantitative estimate of drug-likeness (QED) is 0.324. The number of nitrogens with one attached hydrogen (secondary N) is 2. The minimum atomic E-state index is -0.239. The lowest BCUT2D eigenvalue weighted by Gasteiger charge is -2.03. The van der Waals surface area contributed by atoms with Gasteiger partial charge in [-0.05, 0) is 23.8 Å². The first-order valence-corrected chi connectivity index (χ1v) is 4.13. The van der Waals surface area contributed by atoms with Gasteiger partial charge >= 0.3 is 0 Å². The first-order valence-electron chi connectivity index (χ1n) is 4.13. The fourth-order valence-electron chi connectivity index (χ4n) is 0.951. The van der Waals surface area contributed by atoms with E-state index in [-0.39, 0.29) is 11.7 Å². The molecule has 0 aromatic heterocycles. The van der Waals surface area contributed by atoms with Gasteiger partial charge < -0.3 is 15.6 Å². The van der Waals surface area contributed by atoms with Crippen LogP contribution in [-0.4, -0.2) is 24.4 Å².